The standard InChI is InChI=1S/C10H14N4O2/c11-13-9-6-2-5-8(10(9)14(15)16)12-7-3-1-4-7/h2,5-7,12-13H,1,3-4,11H2. The third-order valence-electron chi connectivity index (χ3n) is 2.84. The average Bonchev–Trinajstić information content (AvgIpc) is 2.22. The van der Waals surface area contributed by atoms with Gasteiger partial charge in [-0.05, 0) is 31.4 Å². The zero-order valence-corrected chi connectivity index (χ0v) is 8.77. The van der Waals surface area contributed by atoms with E-state index in [1.165, 1.54) is 6.42 Å². The van der Waals surface area contributed by atoms with Gasteiger partial charge in [-0.1, -0.05) is 6.07 Å². The molecule has 0 bridgehead atoms. The number of nitrogens with one attached hydrogen (secondary N) is 2. The van der Waals surface area contributed by atoms with Gasteiger partial charge in [0.05, 0.1) is 4.92 Å². The molecular weight excluding hydrogens is 208 g/mol. The highest BCUT2D eigenvalue weighted by atomic mass is 16.6. The van der Waals surface area contributed by atoms with Crippen LogP contribution in [0.4, 0.5) is 17.1 Å². The molecule has 1 aliphatic rings. The predicted molar refractivity (Wildman–Crippen MR) is 62.2 cm³/mol. The summed E-state index contributed by atoms with van der Waals surface area (Å²) < 4.78 is 0. The van der Waals surface area contributed by atoms with Crippen molar-refractivity contribution in [1.82, 2.24) is 0 Å². The van der Waals surface area contributed by atoms with Gasteiger partial charge in [0.2, 0.25) is 0 Å². The second kappa shape index (κ2) is 4.36. The van der Waals surface area contributed by atoms with Crippen molar-refractivity contribution < 1.29 is 4.92 Å². The number of nitrogen functional groups attached to an aromatic ring is 1. The highest BCUT2D eigenvalue weighted by Crippen LogP contribution is 2.34. The largest absolute Gasteiger partial charge is 0.377 e. The van der Waals surface area contributed by atoms with E-state index in [1.807, 2.05) is 0 Å². The Morgan fingerprint density at radius 1 is 1.38 bits per heavy atom. The van der Waals surface area contributed by atoms with Crippen molar-refractivity contribution in [2.75, 3.05) is 10.7 Å². The van der Waals surface area contributed by atoms with Crippen molar-refractivity contribution in [3.05, 3.63) is 28.3 Å². The van der Waals surface area contributed by atoms with Gasteiger partial charge < -0.3 is 10.7 Å². The number of nitrogens with zero attached hydrogens (tertiary/aromatic N) is 1. The number of hydrazine groups is 1. The van der Waals surface area contributed by atoms with Crippen LogP contribution in [-0.2, 0) is 0 Å². The smallest absolute Gasteiger partial charge is 0.316 e. The minimum atomic E-state index is -0.420. The van der Waals surface area contributed by atoms with E-state index in [-0.39, 0.29) is 5.69 Å². The molecular formula is C10H14N4O2. The Morgan fingerprint density at radius 3 is 2.56 bits per heavy atom. The number of anilines is 2. The normalized spacial score (nSPS) is 15.3. The lowest BCUT2D eigenvalue weighted by molar-refractivity contribution is -0.383. The number of benzene rings is 1. The molecule has 0 aliphatic heterocycles. The maximum absolute atomic E-state index is 11.0. The number of para-hydroxylation sites is 1. The summed E-state index contributed by atoms with van der Waals surface area (Å²) in [7, 11) is 0. The van der Waals surface area contributed by atoms with Crippen LogP contribution in [0.5, 0.6) is 0 Å². The lowest BCUT2D eigenvalue weighted by atomic mass is 9.93. The van der Waals surface area contributed by atoms with Gasteiger partial charge in [-0.25, -0.2) is 0 Å². The average molecular weight is 222 g/mol. The van der Waals surface area contributed by atoms with Gasteiger partial charge in [0.25, 0.3) is 0 Å². The molecule has 0 unspecified atom stereocenters. The number of hydrogen-bond acceptors (Lipinski definition) is 5. The summed E-state index contributed by atoms with van der Waals surface area (Å²) in [6.45, 7) is 0. The summed E-state index contributed by atoms with van der Waals surface area (Å²) in [4.78, 5) is 10.5. The van der Waals surface area contributed by atoms with E-state index in [1.54, 1.807) is 18.2 Å². The highest BCUT2D eigenvalue weighted by Gasteiger charge is 2.23. The van der Waals surface area contributed by atoms with E-state index in [0.717, 1.165) is 12.8 Å². The van der Waals surface area contributed by atoms with Crippen LogP contribution in [0, 0.1) is 10.1 Å². The first-order valence-corrected chi connectivity index (χ1v) is 5.23. The Balaban J connectivity index is 2.30. The number of rotatable bonds is 4. The molecule has 16 heavy (non-hydrogen) atoms. The Bertz CT molecular complexity index is 404. The fourth-order valence-corrected chi connectivity index (χ4v) is 1.75. The summed E-state index contributed by atoms with van der Waals surface area (Å²) in [6.07, 6.45) is 3.31. The fraction of sp³-hybridized carbons (Fsp3) is 0.400. The number of nitro groups is 1. The second-order valence-electron chi connectivity index (χ2n) is 3.88. The minimum absolute atomic E-state index is 0.0110. The Hall–Kier alpha value is -1.82. The van der Waals surface area contributed by atoms with Gasteiger partial charge >= 0.3 is 5.69 Å². The topological polar surface area (TPSA) is 93.2 Å². The monoisotopic (exact) mass is 222 g/mol. The van der Waals surface area contributed by atoms with Gasteiger partial charge in [-0.15, -0.1) is 0 Å². The van der Waals surface area contributed by atoms with Crippen molar-refractivity contribution in [2.45, 2.75) is 25.3 Å². The van der Waals surface area contributed by atoms with Crippen molar-refractivity contribution >= 4 is 17.1 Å². The molecule has 4 N–H and O–H groups in total. The Kier molecular flexibility index (Phi) is 2.91. The van der Waals surface area contributed by atoms with Gasteiger partial charge in [0, 0.05) is 6.04 Å². The van der Waals surface area contributed by atoms with Crippen molar-refractivity contribution in [3.63, 3.8) is 0 Å². The fourth-order valence-electron chi connectivity index (χ4n) is 1.75. The molecule has 6 nitrogen and oxygen atoms in total. The van der Waals surface area contributed by atoms with Gasteiger partial charge in [0.1, 0.15) is 11.4 Å². The minimum Gasteiger partial charge on any atom is -0.377 e. The molecule has 1 aromatic rings. The summed E-state index contributed by atoms with van der Waals surface area (Å²) in [5, 5.41) is 14.1. The zero-order chi connectivity index (χ0) is 11.5. The lowest BCUT2D eigenvalue weighted by Gasteiger charge is -2.27. The van der Waals surface area contributed by atoms with Gasteiger partial charge in [-0.2, -0.15) is 0 Å². The SMILES string of the molecule is NNc1cccc(NC2CCC2)c1[N+](=O)[O-]. The molecule has 2 rings (SSSR count). The molecule has 1 fully saturated rings. The number of nitrogens with two attached hydrogens (primary N) is 1. The van der Waals surface area contributed by atoms with Gasteiger partial charge in [0.15, 0.2) is 0 Å². The van der Waals surface area contributed by atoms with Crippen LogP contribution in [0.3, 0.4) is 0 Å². The van der Waals surface area contributed by atoms with E-state index < -0.39 is 4.92 Å². The first-order chi connectivity index (χ1) is 7.72. The number of nitro benzene ring substituents is 1. The molecule has 1 aromatic carbocycles. The van der Waals surface area contributed by atoms with E-state index in [4.69, 9.17) is 5.84 Å². The van der Waals surface area contributed by atoms with Crippen molar-refractivity contribution in [2.24, 2.45) is 5.84 Å². The lowest BCUT2D eigenvalue weighted by Crippen LogP contribution is -2.27. The molecule has 1 aliphatic carbocycles. The van der Waals surface area contributed by atoms with Gasteiger partial charge in [-0.3, -0.25) is 16.0 Å². The molecule has 0 spiro atoms. The van der Waals surface area contributed by atoms with Crippen LogP contribution >= 0.6 is 0 Å². The summed E-state index contributed by atoms with van der Waals surface area (Å²) in [5.74, 6) is 5.25. The van der Waals surface area contributed by atoms with Crippen molar-refractivity contribution in [1.29, 1.82) is 0 Å². The maximum Gasteiger partial charge on any atom is 0.316 e. The van der Waals surface area contributed by atoms with E-state index in [9.17, 15) is 10.1 Å². The second-order valence-corrected chi connectivity index (χ2v) is 3.88. The molecule has 86 valence electrons. The highest BCUT2D eigenvalue weighted by molar-refractivity contribution is 5.76. The van der Waals surface area contributed by atoms with Crippen LogP contribution in [0.2, 0.25) is 0 Å². The van der Waals surface area contributed by atoms with Crippen molar-refractivity contribution in [3.8, 4) is 0 Å². The predicted octanol–water partition coefficient (Wildman–Crippen LogP) is 1.84. The molecule has 0 aromatic heterocycles. The molecule has 0 atom stereocenters. The summed E-state index contributed by atoms with van der Waals surface area (Å²) >= 11 is 0. The van der Waals surface area contributed by atoms with E-state index in [2.05, 4.69) is 10.7 Å². The van der Waals surface area contributed by atoms with E-state index >= 15 is 0 Å². The molecule has 1 saturated carbocycles. The molecule has 0 amide bonds. The zero-order valence-electron chi connectivity index (χ0n) is 8.77. The van der Waals surface area contributed by atoms with Crippen LogP contribution in [0.1, 0.15) is 19.3 Å². The third-order valence-corrected chi connectivity index (χ3v) is 2.84. The van der Waals surface area contributed by atoms with Crippen LogP contribution in [-0.4, -0.2) is 11.0 Å². The molecule has 0 radical (unpaired) electrons. The molecule has 0 heterocycles. The third kappa shape index (κ3) is 1.92. The first kappa shape index (κ1) is 10.7. The molecule has 0 saturated heterocycles. The van der Waals surface area contributed by atoms with Crippen LogP contribution in [0.15, 0.2) is 18.2 Å². The maximum atomic E-state index is 11.0. The van der Waals surface area contributed by atoms with Crippen LogP contribution in [0.25, 0.3) is 0 Å². The Labute approximate surface area is 92.9 Å². The summed E-state index contributed by atoms with van der Waals surface area (Å²) in [6, 6.07) is 5.39. The summed E-state index contributed by atoms with van der Waals surface area (Å²) in [5.41, 5.74) is 3.22. The van der Waals surface area contributed by atoms with Crippen LogP contribution < -0.4 is 16.6 Å². The first-order valence-electron chi connectivity index (χ1n) is 5.23. The molecule has 6 heteroatoms. The number of hydrogen-bond donors (Lipinski definition) is 3. The quantitative estimate of drug-likeness (QED) is 0.410. The van der Waals surface area contributed by atoms with E-state index in [0.29, 0.717) is 17.4 Å². The Morgan fingerprint density at radius 2 is 2.06 bits per heavy atom.